The van der Waals surface area contributed by atoms with Crippen LogP contribution < -0.4 is 0 Å². The van der Waals surface area contributed by atoms with Crippen molar-refractivity contribution >= 4 is 21.6 Å². The Kier molecular flexibility index (Phi) is 5.43. The molecule has 3 heterocycles. The zero-order valence-electron chi connectivity index (χ0n) is 15.1. The molecule has 0 N–H and O–H groups in total. The molecule has 9 heteroatoms. The van der Waals surface area contributed by atoms with Gasteiger partial charge >= 0.3 is 0 Å². The van der Waals surface area contributed by atoms with E-state index in [1.165, 1.54) is 6.20 Å². The molecule has 0 unspecified atom stereocenters. The number of hydrogen-bond acceptors (Lipinski definition) is 6. The lowest BCUT2D eigenvalue weighted by Crippen LogP contribution is -2.35. The molecule has 3 aromatic rings. The van der Waals surface area contributed by atoms with Gasteiger partial charge in [0, 0.05) is 31.0 Å². The average molecular weight is 419 g/mol. The summed E-state index contributed by atoms with van der Waals surface area (Å²) in [6, 6.07) is 8.55. The van der Waals surface area contributed by atoms with Gasteiger partial charge in [-0.1, -0.05) is 35.3 Å². The predicted octanol–water partition coefficient (Wildman–Crippen LogP) is 3.55. The molecule has 0 spiro atoms. The minimum atomic E-state index is -3.43. The fourth-order valence-corrected chi connectivity index (χ4v) is 4.92. The van der Waals surface area contributed by atoms with Crippen molar-refractivity contribution in [2.75, 3.05) is 13.1 Å². The van der Waals surface area contributed by atoms with Gasteiger partial charge in [0.2, 0.25) is 21.7 Å². The molecular formula is C19H19ClN4O3S. The van der Waals surface area contributed by atoms with Crippen LogP contribution in [0.4, 0.5) is 0 Å². The minimum absolute atomic E-state index is 0.313. The molecule has 0 amide bonds. The van der Waals surface area contributed by atoms with Gasteiger partial charge < -0.3 is 4.52 Å². The van der Waals surface area contributed by atoms with Crippen LogP contribution in [0.2, 0.25) is 5.02 Å². The highest BCUT2D eigenvalue weighted by molar-refractivity contribution is 7.89. The van der Waals surface area contributed by atoms with Gasteiger partial charge in [-0.3, -0.25) is 4.98 Å². The summed E-state index contributed by atoms with van der Waals surface area (Å²) in [5.74, 6) is 0.821. The van der Waals surface area contributed by atoms with Crippen LogP contribution in [0, 0.1) is 0 Å². The van der Waals surface area contributed by atoms with Crippen molar-refractivity contribution in [3.8, 4) is 11.4 Å². The third kappa shape index (κ3) is 3.94. The minimum Gasteiger partial charge on any atom is -0.339 e. The Bertz CT molecular complexity index is 1060. The predicted molar refractivity (Wildman–Crippen MR) is 104 cm³/mol. The zero-order valence-corrected chi connectivity index (χ0v) is 16.7. The Hall–Kier alpha value is -2.29. The van der Waals surface area contributed by atoms with Crippen molar-refractivity contribution in [3.63, 3.8) is 0 Å². The molecule has 0 radical (unpaired) electrons. The molecule has 146 valence electrons. The van der Waals surface area contributed by atoms with E-state index < -0.39 is 10.0 Å². The van der Waals surface area contributed by atoms with Crippen LogP contribution in [0.25, 0.3) is 11.4 Å². The summed E-state index contributed by atoms with van der Waals surface area (Å²) in [6.07, 6.45) is 6.45. The third-order valence-electron chi connectivity index (χ3n) is 4.71. The second kappa shape index (κ2) is 7.98. The number of aromatic nitrogens is 3. The van der Waals surface area contributed by atoms with E-state index in [1.54, 1.807) is 40.8 Å². The van der Waals surface area contributed by atoms with Gasteiger partial charge in [-0.25, -0.2) is 8.42 Å². The van der Waals surface area contributed by atoms with Crippen molar-refractivity contribution in [1.82, 2.24) is 19.4 Å². The first kappa shape index (κ1) is 19.0. The number of halogens is 1. The van der Waals surface area contributed by atoms with Crippen LogP contribution in [0.15, 0.2) is 52.1 Å². The standard InChI is InChI=1S/C19H19ClN4O3S/c20-17-13-21-9-8-16(17)19-22-18(27-23-19)12-14-4-6-15(7-5-14)28(25,26)24-10-2-1-3-11-24/h4-9,13H,1-3,10-12H2. The largest absolute Gasteiger partial charge is 0.339 e. The summed E-state index contributed by atoms with van der Waals surface area (Å²) < 4.78 is 32.3. The SMILES string of the molecule is O=S(=O)(c1ccc(Cc2nc(-c3ccncc3Cl)no2)cc1)N1CCCCC1. The van der Waals surface area contributed by atoms with E-state index in [-0.39, 0.29) is 0 Å². The summed E-state index contributed by atoms with van der Waals surface area (Å²) in [6.45, 7) is 1.18. The number of pyridine rings is 1. The fraction of sp³-hybridized carbons (Fsp3) is 0.316. The number of sulfonamides is 1. The summed E-state index contributed by atoms with van der Waals surface area (Å²) in [4.78, 5) is 8.61. The Balaban J connectivity index is 1.49. The second-order valence-electron chi connectivity index (χ2n) is 6.65. The van der Waals surface area contributed by atoms with Crippen LogP contribution >= 0.6 is 11.6 Å². The first-order valence-corrected chi connectivity index (χ1v) is 10.9. The zero-order chi connectivity index (χ0) is 19.6. The first-order valence-electron chi connectivity index (χ1n) is 9.05. The van der Waals surface area contributed by atoms with E-state index in [4.69, 9.17) is 16.1 Å². The summed E-state index contributed by atoms with van der Waals surface area (Å²) in [5, 5.41) is 4.41. The van der Waals surface area contributed by atoms with Crippen LogP contribution in [0.5, 0.6) is 0 Å². The molecule has 0 aliphatic carbocycles. The molecule has 28 heavy (non-hydrogen) atoms. The van der Waals surface area contributed by atoms with Gasteiger partial charge in [0.1, 0.15) is 0 Å². The van der Waals surface area contributed by atoms with Crippen molar-refractivity contribution in [3.05, 3.63) is 59.2 Å². The molecule has 1 fully saturated rings. The highest BCUT2D eigenvalue weighted by atomic mass is 35.5. The Morgan fingerprint density at radius 1 is 1.07 bits per heavy atom. The molecule has 0 bridgehead atoms. The van der Waals surface area contributed by atoms with Crippen LogP contribution in [-0.4, -0.2) is 40.9 Å². The van der Waals surface area contributed by atoms with E-state index in [2.05, 4.69) is 15.1 Å². The number of hydrogen-bond donors (Lipinski definition) is 0. The van der Waals surface area contributed by atoms with Crippen molar-refractivity contribution in [2.24, 2.45) is 0 Å². The lowest BCUT2D eigenvalue weighted by atomic mass is 10.1. The highest BCUT2D eigenvalue weighted by Gasteiger charge is 2.25. The Morgan fingerprint density at radius 2 is 1.82 bits per heavy atom. The van der Waals surface area contributed by atoms with Gasteiger partial charge in [-0.15, -0.1) is 0 Å². The molecule has 1 aliphatic rings. The average Bonchev–Trinajstić information content (AvgIpc) is 3.17. The summed E-state index contributed by atoms with van der Waals surface area (Å²) in [7, 11) is -3.43. The maximum atomic E-state index is 12.7. The van der Waals surface area contributed by atoms with Gasteiger partial charge in [0.25, 0.3) is 0 Å². The second-order valence-corrected chi connectivity index (χ2v) is 9.00. The van der Waals surface area contributed by atoms with Gasteiger partial charge in [-0.05, 0) is 36.6 Å². The molecule has 0 atom stereocenters. The van der Waals surface area contributed by atoms with Crippen LogP contribution in [0.3, 0.4) is 0 Å². The monoisotopic (exact) mass is 418 g/mol. The number of benzene rings is 1. The summed E-state index contributed by atoms with van der Waals surface area (Å²) in [5.41, 5.74) is 1.53. The quantitative estimate of drug-likeness (QED) is 0.629. The molecule has 1 aromatic carbocycles. The molecule has 2 aromatic heterocycles. The van der Waals surface area contributed by atoms with E-state index in [0.29, 0.717) is 46.7 Å². The molecule has 1 aliphatic heterocycles. The van der Waals surface area contributed by atoms with E-state index in [9.17, 15) is 8.42 Å². The van der Waals surface area contributed by atoms with Gasteiger partial charge in [0.15, 0.2) is 0 Å². The molecule has 4 rings (SSSR count). The third-order valence-corrected chi connectivity index (χ3v) is 6.93. The van der Waals surface area contributed by atoms with Crippen molar-refractivity contribution in [1.29, 1.82) is 0 Å². The van der Waals surface area contributed by atoms with Crippen LogP contribution in [0.1, 0.15) is 30.7 Å². The number of rotatable bonds is 5. The van der Waals surface area contributed by atoms with Gasteiger partial charge in [0.05, 0.1) is 16.3 Å². The number of piperidine rings is 1. The molecule has 7 nitrogen and oxygen atoms in total. The Labute approximate surface area is 168 Å². The van der Waals surface area contributed by atoms with Crippen molar-refractivity contribution in [2.45, 2.75) is 30.6 Å². The van der Waals surface area contributed by atoms with E-state index in [0.717, 1.165) is 24.8 Å². The Morgan fingerprint density at radius 3 is 2.54 bits per heavy atom. The first-order chi connectivity index (χ1) is 13.5. The van der Waals surface area contributed by atoms with Gasteiger partial charge in [-0.2, -0.15) is 9.29 Å². The van der Waals surface area contributed by atoms with E-state index >= 15 is 0 Å². The fourth-order valence-electron chi connectivity index (χ4n) is 3.20. The number of nitrogens with zero attached hydrogens (tertiary/aromatic N) is 4. The van der Waals surface area contributed by atoms with Crippen molar-refractivity contribution < 1.29 is 12.9 Å². The topological polar surface area (TPSA) is 89.2 Å². The summed E-state index contributed by atoms with van der Waals surface area (Å²) >= 11 is 6.11. The van der Waals surface area contributed by atoms with E-state index in [1.807, 2.05) is 0 Å². The molecule has 0 saturated carbocycles. The van der Waals surface area contributed by atoms with Crippen LogP contribution in [-0.2, 0) is 16.4 Å². The maximum Gasteiger partial charge on any atom is 0.243 e. The molecule has 1 saturated heterocycles. The maximum absolute atomic E-state index is 12.7. The lowest BCUT2D eigenvalue weighted by molar-refractivity contribution is 0.346. The lowest BCUT2D eigenvalue weighted by Gasteiger charge is -2.25. The highest BCUT2D eigenvalue weighted by Crippen LogP contribution is 2.25. The smallest absolute Gasteiger partial charge is 0.243 e. The molecular weight excluding hydrogens is 400 g/mol. The normalized spacial score (nSPS) is 15.6.